The third kappa shape index (κ3) is 4.99. The predicted octanol–water partition coefficient (Wildman–Crippen LogP) is 3.30. The van der Waals surface area contributed by atoms with E-state index in [1.54, 1.807) is 7.11 Å². The first kappa shape index (κ1) is 23.0. The average Bonchev–Trinajstić information content (AvgIpc) is 3.28. The van der Waals surface area contributed by atoms with Gasteiger partial charge >= 0.3 is 5.97 Å². The van der Waals surface area contributed by atoms with Crippen molar-refractivity contribution in [3.8, 4) is 0 Å². The van der Waals surface area contributed by atoms with Crippen molar-refractivity contribution in [1.29, 1.82) is 0 Å². The van der Waals surface area contributed by atoms with Crippen LogP contribution in [0.1, 0.15) is 65.7 Å². The highest BCUT2D eigenvalue weighted by atomic mass is 35.5. The van der Waals surface area contributed by atoms with Gasteiger partial charge in [0, 0.05) is 13.2 Å². The molecule has 0 radical (unpaired) electrons. The van der Waals surface area contributed by atoms with E-state index in [0.29, 0.717) is 12.5 Å². The number of hydrogen-bond acceptors (Lipinski definition) is 6. The lowest BCUT2D eigenvalue weighted by Gasteiger charge is -2.47. The maximum absolute atomic E-state index is 12.3. The Morgan fingerprint density at radius 3 is 2.66 bits per heavy atom. The van der Waals surface area contributed by atoms with Crippen LogP contribution in [0.4, 0.5) is 0 Å². The van der Waals surface area contributed by atoms with Crippen LogP contribution in [0.3, 0.4) is 0 Å². The highest BCUT2D eigenvalue weighted by molar-refractivity contribution is 6.21. The molecule has 1 heterocycles. The van der Waals surface area contributed by atoms with Gasteiger partial charge in [-0.05, 0) is 59.3 Å². The van der Waals surface area contributed by atoms with Gasteiger partial charge in [0.05, 0.1) is 24.7 Å². The zero-order valence-electron chi connectivity index (χ0n) is 18.1. The number of hydrogen-bond donors (Lipinski definition) is 2. The monoisotopic (exact) mass is 429 g/mol. The van der Waals surface area contributed by atoms with Crippen LogP contribution in [-0.2, 0) is 19.0 Å². The fourth-order valence-electron chi connectivity index (χ4n) is 4.87. The summed E-state index contributed by atoms with van der Waals surface area (Å²) in [5.74, 6) is -0.814. The second-order valence-electron chi connectivity index (χ2n) is 9.26. The van der Waals surface area contributed by atoms with Gasteiger partial charge in [-0.3, -0.25) is 4.79 Å². The number of epoxide rings is 1. The van der Waals surface area contributed by atoms with Crippen molar-refractivity contribution < 1.29 is 24.1 Å². The van der Waals surface area contributed by atoms with Gasteiger partial charge in [0.25, 0.3) is 0 Å². The SMILES string of the molecule is COC1CCCC(O)(C(Cl)OC(=O)CNC2CCC2)C1C1(C)OC1CC=C(C)C. The Hall–Kier alpha value is -0.660. The van der Waals surface area contributed by atoms with Crippen molar-refractivity contribution in [2.24, 2.45) is 5.92 Å². The molecule has 3 fully saturated rings. The van der Waals surface area contributed by atoms with Gasteiger partial charge in [-0.2, -0.15) is 0 Å². The third-order valence-corrected chi connectivity index (χ3v) is 7.35. The molecule has 2 saturated carbocycles. The largest absolute Gasteiger partial charge is 0.442 e. The summed E-state index contributed by atoms with van der Waals surface area (Å²) in [7, 11) is 1.65. The molecule has 1 aliphatic heterocycles. The van der Waals surface area contributed by atoms with E-state index < -0.39 is 22.7 Å². The molecule has 0 amide bonds. The first-order valence-corrected chi connectivity index (χ1v) is 11.3. The number of esters is 1. The molecule has 0 spiro atoms. The van der Waals surface area contributed by atoms with E-state index in [0.717, 1.165) is 32.1 Å². The van der Waals surface area contributed by atoms with Crippen LogP contribution in [0.25, 0.3) is 0 Å². The first-order valence-electron chi connectivity index (χ1n) is 10.8. The highest BCUT2D eigenvalue weighted by Gasteiger charge is 2.67. The quantitative estimate of drug-likeness (QED) is 0.253. The number of alkyl halides is 1. The van der Waals surface area contributed by atoms with Gasteiger partial charge in [-0.25, -0.2) is 0 Å². The summed E-state index contributed by atoms with van der Waals surface area (Å²) >= 11 is 6.54. The molecule has 0 aromatic carbocycles. The minimum absolute atomic E-state index is 0.00970. The maximum Gasteiger partial charge on any atom is 0.321 e. The Labute approximate surface area is 179 Å². The molecule has 6 unspecified atom stereocenters. The Morgan fingerprint density at radius 2 is 2.07 bits per heavy atom. The number of allylic oxidation sites excluding steroid dienone is 1. The van der Waals surface area contributed by atoms with Crippen LogP contribution in [0.2, 0.25) is 0 Å². The number of nitrogens with one attached hydrogen (secondary N) is 1. The van der Waals surface area contributed by atoms with E-state index in [1.807, 2.05) is 6.92 Å². The molecular weight excluding hydrogens is 394 g/mol. The fourth-order valence-corrected chi connectivity index (χ4v) is 5.22. The second kappa shape index (κ2) is 9.23. The summed E-state index contributed by atoms with van der Waals surface area (Å²) in [6.45, 7) is 6.23. The smallest absolute Gasteiger partial charge is 0.321 e. The van der Waals surface area contributed by atoms with Crippen LogP contribution >= 0.6 is 11.6 Å². The summed E-state index contributed by atoms with van der Waals surface area (Å²) in [6.07, 6.45) is 8.08. The van der Waals surface area contributed by atoms with Crippen LogP contribution in [0.15, 0.2) is 11.6 Å². The molecule has 3 rings (SSSR count). The van der Waals surface area contributed by atoms with E-state index in [4.69, 9.17) is 25.8 Å². The third-order valence-electron chi connectivity index (χ3n) is 6.88. The Bertz CT molecular complexity index is 620. The van der Waals surface area contributed by atoms with Gasteiger partial charge in [0.2, 0.25) is 5.56 Å². The van der Waals surface area contributed by atoms with Crippen molar-refractivity contribution in [2.75, 3.05) is 13.7 Å². The van der Waals surface area contributed by atoms with E-state index in [2.05, 4.69) is 25.2 Å². The van der Waals surface area contributed by atoms with Crippen LogP contribution in [0, 0.1) is 5.92 Å². The standard InChI is InChI=1S/C22H36ClNO5/c1-14(2)10-11-17-21(3,29-17)19-16(27-4)9-6-12-22(19,26)20(23)28-18(25)13-24-15-7-5-8-15/h10,15-17,19-20,24,26H,5-9,11-13H2,1-4H3. The minimum Gasteiger partial charge on any atom is -0.442 e. The fraction of sp³-hybridized carbons (Fsp3) is 0.864. The van der Waals surface area contributed by atoms with Gasteiger partial charge in [-0.15, -0.1) is 0 Å². The highest BCUT2D eigenvalue weighted by Crippen LogP contribution is 2.55. The molecule has 3 aliphatic rings. The van der Waals surface area contributed by atoms with Crippen LogP contribution < -0.4 is 5.32 Å². The molecule has 29 heavy (non-hydrogen) atoms. The molecule has 0 bridgehead atoms. The Morgan fingerprint density at radius 1 is 1.34 bits per heavy atom. The predicted molar refractivity (Wildman–Crippen MR) is 112 cm³/mol. The number of carbonyl (C=O) groups is 1. The van der Waals surface area contributed by atoms with Crippen molar-refractivity contribution >= 4 is 17.6 Å². The lowest BCUT2D eigenvalue weighted by molar-refractivity contribution is -0.188. The lowest BCUT2D eigenvalue weighted by Crippen LogP contribution is -2.60. The molecule has 2 N–H and O–H groups in total. The summed E-state index contributed by atoms with van der Waals surface area (Å²) in [5, 5.41) is 14.8. The molecule has 7 heteroatoms. The van der Waals surface area contributed by atoms with Crippen molar-refractivity contribution in [3.63, 3.8) is 0 Å². The van der Waals surface area contributed by atoms with Crippen molar-refractivity contribution in [1.82, 2.24) is 5.32 Å². The first-order chi connectivity index (χ1) is 13.7. The van der Waals surface area contributed by atoms with Crippen LogP contribution in [-0.4, -0.2) is 59.7 Å². The molecule has 6 atom stereocenters. The van der Waals surface area contributed by atoms with Gasteiger partial charge in [0.15, 0.2) is 0 Å². The van der Waals surface area contributed by atoms with E-state index >= 15 is 0 Å². The maximum atomic E-state index is 12.3. The number of ether oxygens (including phenoxy) is 3. The number of halogens is 1. The summed E-state index contributed by atoms with van der Waals surface area (Å²) in [5.41, 5.74) is -1.88. The summed E-state index contributed by atoms with van der Waals surface area (Å²) in [4.78, 5) is 12.3. The topological polar surface area (TPSA) is 80.3 Å². The number of rotatable bonds is 9. The molecule has 0 aromatic rings. The average molecular weight is 430 g/mol. The number of methoxy groups -OCH3 is 1. The van der Waals surface area contributed by atoms with Gasteiger partial charge in [-0.1, -0.05) is 29.7 Å². The van der Waals surface area contributed by atoms with Crippen LogP contribution in [0.5, 0.6) is 0 Å². The molecule has 1 saturated heterocycles. The zero-order chi connectivity index (χ0) is 21.2. The summed E-state index contributed by atoms with van der Waals surface area (Å²) < 4.78 is 17.3. The molecule has 6 nitrogen and oxygen atoms in total. The normalized spacial score (nSPS) is 38.1. The summed E-state index contributed by atoms with van der Waals surface area (Å²) in [6, 6.07) is 0.384. The van der Waals surface area contributed by atoms with E-state index in [9.17, 15) is 9.90 Å². The Kier molecular flexibility index (Phi) is 7.32. The van der Waals surface area contributed by atoms with Gasteiger partial charge < -0.3 is 24.6 Å². The number of aliphatic hydroxyl groups is 1. The molecular formula is C22H36ClNO5. The molecule has 0 aromatic heterocycles. The number of carbonyl (C=O) groups excluding carboxylic acids is 1. The zero-order valence-corrected chi connectivity index (χ0v) is 18.8. The van der Waals surface area contributed by atoms with E-state index in [-0.39, 0.29) is 24.7 Å². The Balaban J connectivity index is 1.69. The van der Waals surface area contributed by atoms with Crippen molar-refractivity contribution in [3.05, 3.63) is 11.6 Å². The molecule has 166 valence electrons. The van der Waals surface area contributed by atoms with Crippen molar-refractivity contribution in [2.45, 2.75) is 101 Å². The second-order valence-corrected chi connectivity index (χ2v) is 9.65. The lowest BCUT2D eigenvalue weighted by atomic mass is 9.66. The minimum atomic E-state index is -1.40. The van der Waals surface area contributed by atoms with Gasteiger partial charge in [0.1, 0.15) is 11.2 Å². The van der Waals surface area contributed by atoms with E-state index in [1.165, 1.54) is 12.0 Å². The molecule has 2 aliphatic carbocycles.